The molecule has 32 heteroatoms. The minimum Gasteiger partial charge on any atom is -0.790 e. The number of imidazole rings is 2. The second-order valence-corrected chi connectivity index (χ2v) is 16.7. The summed E-state index contributed by atoms with van der Waals surface area (Å²) in [4.78, 5) is 87.6. The summed E-state index contributed by atoms with van der Waals surface area (Å²) in [6, 6.07) is 0. The average Bonchev–Trinajstić information content (AvgIpc) is 3.83. The summed E-state index contributed by atoms with van der Waals surface area (Å²) >= 11 is 0. The molecule has 2 aliphatic rings. The summed E-state index contributed by atoms with van der Waals surface area (Å²) in [5, 5.41) is 31.8. The van der Waals surface area contributed by atoms with Crippen LogP contribution in [0.15, 0.2) is 22.2 Å². The fourth-order valence-electron chi connectivity index (χ4n) is 6.13. The number of hydrogen-bond donors (Lipinski definition) is 8. The molecule has 2 saturated heterocycles. The number of hydrogen-bond acceptors (Lipinski definition) is 23. The van der Waals surface area contributed by atoms with E-state index in [1.165, 1.54) is 21.8 Å². The van der Waals surface area contributed by atoms with Crippen LogP contribution in [0, 0.1) is 5.92 Å². The zero-order valence-electron chi connectivity index (χ0n) is 29.3. The van der Waals surface area contributed by atoms with Crippen LogP contribution in [0.25, 0.3) is 22.3 Å². The van der Waals surface area contributed by atoms with Gasteiger partial charge in [-0.15, -0.1) is 0 Å². The van der Waals surface area contributed by atoms with Gasteiger partial charge in [0.1, 0.15) is 30.5 Å². The number of aliphatic hydroxyl groups excluding tert-OH is 3. The number of aliphatic hydroxyl groups is 3. The Labute approximate surface area is 317 Å². The molecule has 2 fully saturated rings. The standard InChI is InChI=1S/C25H37N10O19P3/c1-9-15(36)11(52-22(9)35-8-33(2)14-19(35)30-25(27)32-21(14)40)5-50-56(44,45)48-3-10(54-55(41,42)43)4-49-57(46,47)51-6-12-16(37)17(38)23(53-12)34-7-28-13-18(34)29-24(26)31-20(13)39/h7-12,15-17,22-23,36-38H,3-6H2,1-2H3,(H9-,26,27,29,30,31,32,39,40,41,42,43,44,45,46,47)/p-2/t9-,10?,11-,12-,15+,16-,17-,22-,23-/m1/s1. The first kappa shape index (κ1) is 43.0. The largest absolute Gasteiger partial charge is 0.790 e. The number of aryl methyl sites for hydroxylation is 1. The van der Waals surface area contributed by atoms with E-state index < -0.39 is 116 Å². The molecule has 0 saturated carbocycles. The molecule has 29 nitrogen and oxygen atoms in total. The maximum atomic E-state index is 12.6. The molecule has 6 heterocycles. The van der Waals surface area contributed by atoms with Gasteiger partial charge in [-0.25, -0.2) is 9.13 Å². The van der Waals surface area contributed by atoms with Gasteiger partial charge < -0.3 is 83.0 Å². The number of ether oxygens (including phenoxy) is 2. The number of rotatable bonds is 16. The molecule has 0 bridgehead atoms. The molecule has 4 aromatic rings. The van der Waals surface area contributed by atoms with Gasteiger partial charge in [0.05, 0.1) is 47.4 Å². The summed E-state index contributed by atoms with van der Waals surface area (Å²) in [6.45, 7) is -3.02. The van der Waals surface area contributed by atoms with Crippen LogP contribution in [-0.2, 0) is 52.8 Å². The maximum Gasteiger partial charge on any atom is 0.313 e. The van der Waals surface area contributed by atoms with Crippen LogP contribution in [0.4, 0.5) is 11.9 Å². The van der Waals surface area contributed by atoms with Gasteiger partial charge in [-0.2, -0.15) is 0 Å². The number of aromatic nitrogens is 8. The monoisotopic (exact) mass is 872 g/mol. The zero-order valence-corrected chi connectivity index (χ0v) is 32.0. The first-order valence-electron chi connectivity index (χ1n) is 16.3. The Morgan fingerprint density at radius 2 is 1.39 bits per heavy atom. The Morgan fingerprint density at radius 3 is 1.98 bits per heavy atom. The highest BCUT2D eigenvalue weighted by Crippen LogP contribution is 2.44. The van der Waals surface area contributed by atoms with Crippen molar-refractivity contribution in [3.8, 4) is 0 Å². The molecule has 6 rings (SSSR count). The fraction of sp³-hybridized carbons (Fsp3) is 0.600. The summed E-state index contributed by atoms with van der Waals surface area (Å²) in [7, 11) is -15.3. The van der Waals surface area contributed by atoms with Gasteiger partial charge in [0, 0.05) is 5.92 Å². The van der Waals surface area contributed by atoms with Gasteiger partial charge in [-0.05, 0) is 0 Å². The molecule has 57 heavy (non-hydrogen) atoms. The number of anilines is 2. The lowest BCUT2D eigenvalue weighted by Gasteiger charge is -2.35. The normalized spacial score (nSPS) is 28.2. The Hall–Kier alpha value is -3.57. The lowest BCUT2D eigenvalue weighted by atomic mass is 10.0. The van der Waals surface area contributed by atoms with Gasteiger partial charge in [0.2, 0.25) is 17.3 Å². The van der Waals surface area contributed by atoms with Crippen molar-refractivity contribution in [3.63, 3.8) is 0 Å². The Kier molecular flexibility index (Phi) is 12.3. The topological polar surface area (TPSA) is 441 Å². The number of nitrogens with zero attached hydrogens (tertiary/aromatic N) is 5. The van der Waals surface area contributed by atoms with E-state index in [1.807, 2.05) is 0 Å². The fourth-order valence-corrected chi connectivity index (χ4v) is 8.12. The number of aromatic amines is 3. The van der Waals surface area contributed by atoms with Crippen molar-refractivity contribution in [1.82, 2.24) is 29.5 Å². The van der Waals surface area contributed by atoms with Crippen LogP contribution in [0.3, 0.4) is 0 Å². The van der Waals surface area contributed by atoms with E-state index in [0.29, 0.717) is 0 Å². The number of nitrogen functional groups attached to an aromatic ring is 2. The number of nitrogens with two attached hydrogens (primary N) is 2. The SMILES string of the molecule is C[C@@H]1[C@H](O)[C@@H](COP(=O)([O-])OCC(COP(=O)([O-])OC[C@H]2O[C@@H]([n+]3c[nH]c4c(=O)[nH]c(N)nc43)[C@H](O)[C@@H]2O)OP(=O)([O-])[O-])O[C@H]1[n+]1cn(C)c2c(=O)[nH]c(N)nc21. The van der Waals surface area contributed by atoms with E-state index in [2.05, 4.69) is 43.0 Å². The van der Waals surface area contributed by atoms with E-state index >= 15 is 0 Å². The quantitative estimate of drug-likeness (QED) is 0.0383. The van der Waals surface area contributed by atoms with Gasteiger partial charge in [0.25, 0.3) is 38.7 Å². The van der Waals surface area contributed by atoms with Gasteiger partial charge in [0.15, 0.2) is 18.9 Å². The Bertz CT molecular complexity index is 2380. The summed E-state index contributed by atoms with van der Waals surface area (Å²) in [5.74, 6) is -1.22. The van der Waals surface area contributed by atoms with Gasteiger partial charge >= 0.3 is 11.3 Å². The van der Waals surface area contributed by atoms with Crippen molar-refractivity contribution in [1.29, 1.82) is 0 Å². The minimum absolute atomic E-state index is 0.0700. The van der Waals surface area contributed by atoms with Crippen LogP contribution in [0.5, 0.6) is 0 Å². The number of phosphoric ester groups is 3. The van der Waals surface area contributed by atoms with Gasteiger partial charge in [-0.3, -0.25) is 38.2 Å². The first-order chi connectivity index (χ1) is 26.5. The van der Waals surface area contributed by atoms with Gasteiger partial charge in [-0.1, -0.05) is 16.9 Å². The predicted octanol–water partition coefficient (Wildman–Crippen LogP) is -7.00. The maximum absolute atomic E-state index is 12.6. The lowest BCUT2D eigenvalue weighted by molar-refractivity contribution is -0.745. The molecular weight excluding hydrogens is 837 g/mol. The van der Waals surface area contributed by atoms with E-state index in [4.69, 9.17) is 25.5 Å². The van der Waals surface area contributed by atoms with Crippen LogP contribution in [0.2, 0.25) is 0 Å². The van der Waals surface area contributed by atoms with Crippen molar-refractivity contribution in [2.75, 3.05) is 37.9 Å². The van der Waals surface area contributed by atoms with Crippen LogP contribution in [-0.4, -0.2) is 108 Å². The van der Waals surface area contributed by atoms with Crippen LogP contribution in [0.1, 0.15) is 19.4 Å². The summed E-state index contributed by atoms with van der Waals surface area (Å²) in [5.41, 5.74) is 10.1. The molecule has 0 aliphatic carbocycles. The van der Waals surface area contributed by atoms with Crippen molar-refractivity contribution in [2.45, 2.75) is 56.0 Å². The third-order valence-electron chi connectivity index (χ3n) is 8.78. The third kappa shape index (κ3) is 9.51. The predicted molar refractivity (Wildman–Crippen MR) is 174 cm³/mol. The van der Waals surface area contributed by atoms with Crippen molar-refractivity contribution >= 4 is 57.7 Å². The molecule has 0 radical (unpaired) electrons. The van der Waals surface area contributed by atoms with E-state index in [-0.39, 0.29) is 34.2 Å². The average molecular weight is 873 g/mol. The molecule has 4 aromatic heterocycles. The van der Waals surface area contributed by atoms with E-state index in [9.17, 15) is 58.2 Å². The molecule has 0 spiro atoms. The first-order valence-corrected chi connectivity index (χ1v) is 20.7. The highest BCUT2D eigenvalue weighted by atomic mass is 31.2. The van der Waals surface area contributed by atoms with Crippen LogP contribution >= 0.6 is 23.5 Å². The second kappa shape index (κ2) is 16.2. The summed E-state index contributed by atoms with van der Waals surface area (Å²) in [6.07, 6.45) is -9.76. The van der Waals surface area contributed by atoms with E-state index in [1.54, 1.807) is 14.0 Å². The number of phosphoric acid groups is 3. The van der Waals surface area contributed by atoms with E-state index in [0.717, 1.165) is 4.57 Å². The number of H-pyrrole nitrogens is 3. The number of fused-ring (bicyclic) bond motifs is 2. The Balaban J connectivity index is 1.02. The highest BCUT2D eigenvalue weighted by molar-refractivity contribution is 7.46. The third-order valence-corrected chi connectivity index (χ3v) is 11.2. The molecule has 316 valence electrons. The molecule has 3 unspecified atom stereocenters. The molecule has 2 aliphatic heterocycles. The molecular formula is C25H35N10O19P3-2. The lowest BCUT2D eigenvalue weighted by Crippen LogP contribution is -2.46. The number of nitrogens with one attached hydrogen (secondary N) is 3. The second-order valence-electron chi connectivity index (χ2n) is 12.8. The van der Waals surface area contributed by atoms with Crippen molar-refractivity contribution in [3.05, 3.63) is 33.4 Å². The molecule has 0 aromatic carbocycles. The molecule has 0 amide bonds. The molecule has 10 N–H and O–H groups in total. The minimum atomic E-state index is -5.93. The van der Waals surface area contributed by atoms with Crippen molar-refractivity contribution < 1.29 is 89.8 Å². The summed E-state index contributed by atoms with van der Waals surface area (Å²) < 4.78 is 74.6. The van der Waals surface area contributed by atoms with Crippen molar-refractivity contribution in [2.24, 2.45) is 13.0 Å². The smallest absolute Gasteiger partial charge is 0.313 e. The highest BCUT2D eigenvalue weighted by Gasteiger charge is 2.48. The van der Waals surface area contributed by atoms with Crippen LogP contribution < -0.4 is 51.3 Å². The Morgan fingerprint density at radius 1 is 0.842 bits per heavy atom. The zero-order chi connectivity index (χ0) is 41.8. The molecule has 11 atom stereocenters.